The SMILES string of the molecule is CCC1CN(C)CCCN1CCC(=O)c1ccccc1. The van der Waals surface area contributed by atoms with Gasteiger partial charge in [-0.15, -0.1) is 0 Å². The van der Waals surface area contributed by atoms with E-state index >= 15 is 0 Å². The Morgan fingerprint density at radius 1 is 1.25 bits per heavy atom. The van der Waals surface area contributed by atoms with Crippen molar-refractivity contribution in [3.8, 4) is 0 Å². The predicted molar refractivity (Wildman–Crippen MR) is 83.2 cm³/mol. The van der Waals surface area contributed by atoms with Gasteiger partial charge in [-0.2, -0.15) is 0 Å². The molecule has 1 aromatic rings. The number of Topliss-reactive ketones (excluding diaryl/α,β-unsaturated/α-hetero) is 1. The van der Waals surface area contributed by atoms with Crippen molar-refractivity contribution in [1.82, 2.24) is 9.80 Å². The predicted octanol–water partition coefficient (Wildman–Crippen LogP) is 2.68. The molecule has 1 saturated heterocycles. The lowest BCUT2D eigenvalue weighted by atomic mass is 10.1. The average Bonchev–Trinajstić information content (AvgIpc) is 2.66. The van der Waals surface area contributed by atoms with Gasteiger partial charge in [-0.25, -0.2) is 0 Å². The summed E-state index contributed by atoms with van der Waals surface area (Å²) in [6, 6.07) is 10.2. The molecule has 3 heteroatoms. The van der Waals surface area contributed by atoms with Crippen molar-refractivity contribution in [3.05, 3.63) is 35.9 Å². The van der Waals surface area contributed by atoms with Gasteiger partial charge >= 0.3 is 0 Å². The van der Waals surface area contributed by atoms with Gasteiger partial charge < -0.3 is 4.90 Å². The van der Waals surface area contributed by atoms with Gasteiger partial charge in [-0.1, -0.05) is 37.3 Å². The Kier molecular flexibility index (Phi) is 5.74. The van der Waals surface area contributed by atoms with Gasteiger partial charge in [0.15, 0.2) is 5.78 Å². The van der Waals surface area contributed by atoms with E-state index in [0.717, 1.165) is 31.6 Å². The van der Waals surface area contributed by atoms with Crippen molar-refractivity contribution >= 4 is 5.78 Å². The molecule has 0 spiro atoms. The second-order valence-corrected chi connectivity index (χ2v) is 5.75. The lowest BCUT2D eigenvalue weighted by Crippen LogP contribution is -2.40. The first-order valence-corrected chi connectivity index (χ1v) is 7.71. The van der Waals surface area contributed by atoms with E-state index in [-0.39, 0.29) is 5.78 Å². The molecule has 1 atom stereocenters. The maximum absolute atomic E-state index is 12.2. The van der Waals surface area contributed by atoms with Crippen LogP contribution in [0, 0.1) is 0 Å². The van der Waals surface area contributed by atoms with Crippen LogP contribution in [0.15, 0.2) is 30.3 Å². The summed E-state index contributed by atoms with van der Waals surface area (Å²) in [5, 5.41) is 0. The molecule has 1 heterocycles. The van der Waals surface area contributed by atoms with Gasteiger partial charge in [0, 0.05) is 31.1 Å². The van der Waals surface area contributed by atoms with E-state index in [4.69, 9.17) is 0 Å². The molecule has 0 aromatic heterocycles. The maximum atomic E-state index is 12.2. The third kappa shape index (κ3) is 4.15. The minimum Gasteiger partial charge on any atom is -0.305 e. The normalized spacial score (nSPS) is 21.6. The van der Waals surface area contributed by atoms with E-state index in [1.165, 1.54) is 13.0 Å². The van der Waals surface area contributed by atoms with Gasteiger partial charge in [-0.05, 0) is 33.0 Å². The minimum atomic E-state index is 0.262. The summed E-state index contributed by atoms with van der Waals surface area (Å²) >= 11 is 0. The van der Waals surface area contributed by atoms with Crippen LogP contribution in [0.4, 0.5) is 0 Å². The first-order valence-electron chi connectivity index (χ1n) is 7.71. The van der Waals surface area contributed by atoms with Crippen LogP contribution in [-0.4, -0.2) is 54.9 Å². The molecular weight excluding hydrogens is 248 g/mol. The highest BCUT2D eigenvalue weighted by atomic mass is 16.1. The zero-order chi connectivity index (χ0) is 14.4. The number of carbonyl (C=O) groups is 1. The number of ketones is 1. The van der Waals surface area contributed by atoms with Crippen LogP contribution in [0.25, 0.3) is 0 Å². The summed E-state index contributed by atoms with van der Waals surface area (Å²) in [6.07, 6.45) is 2.99. The van der Waals surface area contributed by atoms with Gasteiger partial charge in [-0.3, -0.25) is 9.69 Å². The van der Waals surface area contributed by atoms with Gasteiger partial charge in [0.25, 0.3) is 0 Å². The third-order valence-electron chi connectivity index (χ3n) is 4.22. The fourth-order valence-corrected chi connectivity index (χ4v) is 2.99. The van der Waals surface area contributed by atoms with Crippen LogP contribution in [0.5, 0.6) is 0 Å². The number of hydrogen-bond acceptors (Lipinski definition) is 3. The van der Waals surface area contributed by atoms with E-state index in [1.54, 1.807) is 0 Å². The number of carbonyl (C=O) groups excluding carboxylic acids is 1. The molecule has 0 saturated carbocycles. The number of nitrogens with zero attached hydrogens (tertiary/aromatic N) is 2. The van der Waals surface area contributed by atoms with Crippen molar-refractivity contribution in [2.75, 3.05) is 33.2 Å². The number of rotatable bonds is 5. The van der Waals surface area contributed by atoms with Crippen LogP contribution in [0.3, 0.4) is 0 Å². The largest absolute Gasteiger partial charge is 0.305 e. The zero-order valence-corrected chi connectivity index (χ0v) is 12.7. The monoisotopic (exact) mass is 274 g/mol. The molecule has 0 bridgehead atoms. The van der Waals surface area contributed by atoms with E-state index < -0.39 is 0 Å². The van der Waals surface area contributed by atoms with E-state index in [2.05, 4.69) is 23.8 Å². The highest BCUT2D eigenvalue weighted by Gasteiger charge is 2.22. The molecule has 20 heavy (non-hydrogen) atoms. The summed E-state index contributed by atoms with van der Waals surface area (Å²) in [4.78, 5) is 17.1. The second kappa shape index (κ2) is 7.55. The molecule has 110 valence electrons. The molecule has 0 radical (unpaired) electrons. The molecule has 1 aliphatic heterocycles. The summed E-state index contributed by atoms with van der Waals surface area (Å²) in [5.74, 6) is 0.262. The fourth-order valence-electron chi connectivity index (χ4n) is 2.99. The van der Waals surface area contributed by atoms with Crippen molar-refractivity contribution in [1.29, 1.82) is 0 Å². The molecule has 0 aliphatic carbocycles. The Bertz CT molecular complexity index is 418. The third-order valence-corrected chi connectivity index (χ3v) is 4.22. The number of benzene rings is 1. The lowest BCUT2D eigenvalue weighted by Gasteiger charge is -2.29. The average molecular weight is 274 g/mol. The Hall–Kier alpha value is -1.19. The van der Waals surface area contributed by atoms with Gasteiger partial charge in [0.05, 0.1) is 0 Å². The van der Waals surface area contributed by atoms with E-state index in [9.17, 15) is 4.79 Å². The first-order chi connectivity index (χ1) is 9.70. The van der Waals surface area contributed by atoms with Crippen molar-refractivity contribution < 1.29 is 4.79 Å². The highest BCUT2D eigenvalue weighted by Crippen LogP contribution is 2.13. The topological polar surface area (TPSA) is 23.6 Å². The standard InChI is InChI=1S/C17H26N2O/c1-3-16-14-18(2)11-7-12-19(16)13-10-17(20)15-8-5-4-6-9-15/h4-6,8-9,16H,3,7,10-14H2,1-2H3. The van der Waals surface area contributed by atoms with E-state index in [1.807, 2.05) is 30.3 Å². The Balaban J connectivity index is 1.90. The smallest absolute Gasteiger partial charge is 0.164 e. The molecule has 1 fully saturated rings. The van der Waals surface area contributed by atoms with Crippen LogP contribution in [0.1, 0.15) is 36.5 Å². The van der Waals surface area contributed by atoms with Crippen LogP contribution >= 0.6 is 0 Å². The zero-order valence-electron chi connectivity index (χ0n) is 12.7. The maximum Gasteiger partial charge on any atom is 0.164 e. The van der Waals surface area contributed by atoms with Gasteiger partial charge in [0.1, 0.15) is 0 Å². The lowest BCUT2D eigenvalue weighted by molar-refractivity contribution is 0.0948. The summed E-state index contributed by atoms with van der Waals surface area (Å²) in [6.45, 7) is 6.54. The van der Waals surface area contributed by atoms with Crippen molar-refractivity contribution in [2.45, 2.75) is 32.2 Å². The summed E-state index contributed by atoms with van der Waals surface area (Å²) in [7, 11) is 2.20. The van der Waals surface area contributed by atoms with Crippen molar-refractivity contribution in [3.63, 3.8) is 0 Å². The van der Waals surface area contributed by atoms with Crippen LogP contribution in [-0.2, 0) is 0 Å². The second-order valence-electron chi connectivity index (χ2n) is 5.75. The highest BCUT2D eigenvalue weighted by molar-refractivity contribution is 5.96. The number of likely N-dealkylation sites (N-methyl/N-ethyl adjacent to an activating group) is 1. The molecule has 1 unspecified atom stereocenters. The first kappa shape index (κ1) is 15.2. The molecule has 1 aliphatic rings. The molecule has 2 rings (SSSR count). The van der Waals surface area contributed by atoms with Crippen LogP contribution in [0.2, 0.25) is 0 Å². The summed E-state index contributed by atoms with van der Waals surface area (Å²) in [5.41, 5.74) is 0.840. The molecular formula is C17H26N2O. The molecule has 1 aromatic carbocycles. The molecule has 0 N–H and O–H groups in total. The number of hydrogen-bond donors (Lipinski definition) is 0. The summed E-state index contributed by atoms with van der Waals surface area (Å²) < 4.78 is 0. The Labute approximate surface area is 122 Å². The quantitative estimate of drug-likeness (QED) is 0.771. The van der Waals surface area contributed by atoms with Crippen molar-refractivity contribution in [2.24, 2.45) is 0 Å². The molecule has 0 amide bonds. The van der Waals surface area contributed by atoms with E-state index in [0.29, 0.717) is 12.5 Å². The Morgan fingerprint density at radius 3 is 2.70 bits per heavy atom. The minimum absolute atomic E-state index is 0.262. The Morgan fingerprint density at radius 2 is 2.00 bits per heavy atom. The fraction of sp³-hybridized carbons (Fsp3) is 0.588. The van der Waals surface area contributed by atoms with Crippen LogP contribution < -0.4 is 0 Å². The molecule has 3 nitrogen and oxygen atoms in total. The van der Waals surface area contributed by atoms with Gasteiger partial charge in [0.2, 0.25) is 0 Å².